The first kappa shape index (κ1) is 19.4. The van der Waals surface area contributed by atoms with Crippen molar-refractivity contribution in [3.05, 3.63) is 40.9 Å². The van der Waals surface area contributed by atoms with Gasteiger partial charge in [-0.1, -0.05) is 69.4 Å². The molecule has 0 aliphatic carbocycles. The van der Waals surface area contributed by atoms with Gasteiger partial charge < -0.3 is 5.32 Å². The Bertz CT molecular complexity index is 676. The quantitative estimate of drug-likeness (QED) is 0.467. The van der Waals surface area contributed by atoms with Crippen LogP contribution in [0.25, 0.3) is 6.08 Å². The molecule has 0 aromatic heterocycles. The van der Waals surface area contributed by atoms with E-state index in [1.54, 1.807) is 0 Å². The summed E-state index contributed by atoms with van der Waals surface area (Å²) in [6, 6.07) is 5.97. The van der Waals surface area contributed by atoms with Crippen molar-refractivity contribution in [3.8, 4) is 0 Å². The average molecular weight is 341 g/mol. The molecule has 0 unspecified atom stereocenters. The van der Waals surface area contributed by atoms with Gasteiger partial charge in [-0.15, -0.1) is 0 Å². The number of anilines is 1. The van der Waals surface area contributed by atoms with Crippen molar-refractivity contribution in [2.24, 2.45) is 4.99 Å². The summed E-state index contributed by atoms with van der Waals surface area (Å²) < 4.78 is 0. The van der Waals surface area contributed by atoms with E-state index in [-0.39, 0.29) is 5.91 Å². The van der Waals surface area contributed by atoms with Crippen molar-refractivity contribution in [3.63, 3.8) is 0 Å². The van der Waals surface area contributed by atoms with E-state index >= 15 is 0 Å². The molecule has 1 aliphatic heterocycles. The molecule has 0 saturated carbocycles. The molecule has 0 atom stereocenters. The Morgan fingerprint density at radius 2 is 1.92 bits per heavy atom. The highest BCUT2D eigenvalue weighted by molar-refractivity contribution is 5.90. The lowest BCUT2D eigenvalue weighted by Crippen LogP contribution is -2.32. The van der Waals surface area contributed by atoms with Gasteiger partial charge in [0, 0.05) is 13.0 Å². The van der Waals surface area contributed by atoms with Crippen LogP contribution in [0, 0.1) is 0 Å². The number of allylic oxidation sites excluding steroid dienone is 2. The van der Waals surface area contributed by atoms with Crippen LogP contribution in [-0.2, 0) is 4.79 Å². The molecule has 0 fully saturated rings. The second-order valence-corrected chi connectivity index (χ2v) is 6.73. The summed E-state index contributed by atoms with van der Waals surface area (Å²) in [7, 11) is 0. The first-order valence-corrected chi connectivity index (χ1v) is 9.90. The molecule has 25 heavy (non-hydrogen) atoms. The van der Waals surface area contributed by atoms with Crippen LogP contribution in [0.1, 0.15) is 71.1 Å². The van der Waals surface area contributed by atoms with E-state index in [1.165, 1.54) is 38.5 Å². The summed E-state index contributed by atoms with van der Waals surface area (Å²) in [5.74, 6) is 0.0680. The molecule has 1 amide bonds. The molecule has 0 spiro atoms. The third kappa shape index (κ3) is 7.25. The van der Waals surface area contributed by atoms with Crippen molar-refractivity contribution in [1.82, 2.24) is 0 Å². The molecule has 0 radical (unpaired) electrons. The number of hydrogen-bond donors (Lipinski definition) is 1. The van der Waals surface area contributed by atoms with Crippen molar-refractivity contribution in [2.45, 2.75) is 71.1 Å². The number of hydrogen-bond acceptors (Lipinski definition) is 2. The molecule has 0 saturated heterocycles. The highest BCUT2D eigenvalue weighted by Crippen LogP contribution is 2.08. The van der Waals surface area contributed by atoms with E-state index in [1.807, 2.05) is 12.1 Å². The van der Waals surface area contributed by atoms with E-state index in [2.05, 4.69) is 41.5 Å². The second-order valence-electron chi connectivity index (χ2n) is 6.73. The molecular weight excluding hydrogens is 308 g/mol. The number of carbonyl (C=O) groups excluding carboxylic acids is 1. The maximum Gasteiger partial charge on any atom is 0.224 e. The molecule has 3 nitrogen and oxygen atoms in total. The van der Waals surface area contributed by atoms with Crippen LogP contribution in [0.4, 0.5) is 5.69 Å². The minimum atomic E-state index is 0.0680. The number of carbonyl (C=O) groups is 1. The first-order chi connectivity index (χ1) is 12.3. The molecule has 3 heteroatoms. The second kappa shape index (κ2) is 11.6. The SMILES string of the molecule is CCCCCCCC/C=C\CCC(=O)Nc1cccc2c1=NCCC=2. The molecule has 0 bridgehead atoms. The maximum absolute atomic E-state index is 12.1. The van der Waals surface area contributed by atoms with Crippen molar-refractivity contribution in [2.75, 3.05) is 11.9 Å². The lowest BCUT2D eigenvalue weighted by molar-refractivity contribution is -0.116. The third-order valence-electron chi connectivity index (χ3n) is 4.53. The third-order valence-corrected chi connectivity index (χ3v) is 4.53. The Morgan fingerprint density at radius 1 is 1.12 bits per heavy atom. The smallest absolute Gasteiger partial charge is 0.224 e. The largest absolute Gasteiger partial charge is 0.324 e. The standard InChI is InChI=1S/C22H32N2O/c1-2-3-4-5-6-7-8-9-10-11-17-21(25)24-20-16-12-14-19-15-13-18-23-22(19)20/h9-10,12,14-16H,2-8,11,13,17-18H2,1H3,(H,24,25)/b10-9-. The van der Waals surface area contributed by atoms with Crippen LogP contribution in [0.15, 0.2) is 35.3 Å². The van der Waals surface area contributed by atoms with Crippen LogP contribution < -0.4 is 15.9 Å². The van der Waals surface area contributed by atoms with Crippen LogP contribution in [0.2, 0.25) is 0 Å². The fourth-order valence-corrected chi connectivity index (χ4v) is 3.11. The van der Waals surface area contributed by atoms with E-state index in [0.29, 0.717) is 6.42 Å². The summed E-state index contributed by atoms with van der Waals surface area (Å²) in [6.07, 6.45) is 18.0. The highest BCUT2D eigenvalue weighted by atomic mass is 16.1. The van der Waals surface area contributed by atoms with E-state index < -0.39 is 0 Å². The number of fused-ring (bicyclic) bond motifs is 1. The van der Waals surface area contributed by atoms with Gasteiger partial charge in [-0.25, -0.2) is 0 Å². The number of nitrogens with zero attached hydrogens (tertiary/aromatic N) is 1. The molecule has 2 rings (SSSR count). The van der Waals surface area contributed by atoms with Crippen LogP contribution in [-0.4, -0.2) is 12.5 Å². The minimum Gasteiger partial charge on any atom is -0.324 e. The van der Waals surface area contributed by atoms with E-state index in [4.69, 9.17) is 0 Å². The fourth-order valence-electron chi connectivity index (χ4n) is 3.11. The van der Waals surface area contributed by atoms with Gasteiger partial charge in [-0.2, -0.15) is 0 Å². The number of amides is 1. The Labute approximate surface area is 151 Å². The number of para-hydroxylation sites is 1. The van der Waals surface area contributed by atoms with Gasteiger partial charge in [0.25, 0.3) is 0 Å². The monoisotopic (exact) mass is 340 g/mol. The van der Waals surface area contributed by atoms with Crippen LogP contribution >= 0.6 is 0 Å². The van der Waals surface area contributed by atoms with Gasteiger partial charge in [0.15, 0.2) is 0 Å². The van der Waals surface area contributed by atoms with Crippen molar-refractivity contribution < 1.29 is 4.79 Å². The van der Waals surface area contributed by atoms with Gasteiger partial charge in [0.05, 0.1) is 11.0 Å². The topological polar surface area (TPSA) is 41.5 Å². The summed E-state index contributed by atoms with van der Waals surface area (Å²) in [5, 5.41) is 5.07. The lowest BCUT2D eigenvalue weighted by atomic mass is 10.1. The molecule has 1 aromatic carbocycles. The molecule has 136 valence electrons. The summed E-state index contributed by atoms with van der Waals surface area (Å²) in [4.78, 5) is 16.7. The summed E-state index contributed by atoms with van der Waals surface area (Å²) in [6.45, 7) is 3.06. The summed E-state index contributed by atoms with van der Waals surface area (Å²) >= 11 is 0. The number of benzene rings is 1. The Balaban J connectivity index is 1.64. The zero-order chi connectivity index (χ0) is 17.7. The van der Waals surface area contributed by atoms with Gasteiger partial charge in [-0.3, -0.25) is 9.79 Å². The summed E-state index contributed by atoms with van der Waals surface area (Å²) in [5.41, 5.74) is 0.842. The van der Waals surface area contributed by atoms with Gasteiger partial charge in [-0.05, 0) is 37.0 Å². The predicted octanol–water partition coefficient (Wildman–Crippen LogP) is 4.52. The van der Waals surface area contributed by atoms with Gasteiger partial charge >= 0.3 is 0 Å². The molecule has 1 heterocycles. The first-order valence-electron chi connectivity index (χ1n) is 9.90. The van der Waals surface area contributed by atoms with Gasteiger partial charge in [0.2, 0.25) is 5.91 Å². The number of rotatable bonds is 11. The Kier molecular flexibility index (Phi) is 9.03. The highest BCUT2D eigenvalue weighted by Gasteiger charge is 2.05. The Hall–Kier alpha value is -1.90. The van der Waals surface area contributed by atoms with E-state index in [0.717, 1.165) is 42.1 Å². The average Bonchev–Trinajstić information content (AvgIpc) is 2.63. The predicted molar refractivity (Wildman–Crippen MR) is 106 cm³/mol. The molecule has 1 aliphatic rings. The van der Waals surface area contributed by atoms with Crippen LogP contribution in [0.5, 0.6) is 0 Å². The van der Waals surface area contributed by atoms with Gasteiger partial charge in [0.1, 0.15) is 0 Å². The van der Waals surface area contributed by atoms with Crippen molar-refractivity contribution in [1.29, 1.82) is 0 Å². The zero-order valence-electron chi connectivity index (χ0n) is 15.6. The molecule has 1 N–H and O–H groups in total. The van der Waals surface area contributed by atoms with E-state index in [9.17, 15) is 4.79 Å². The normalized spacial score (nSPS) is 13.2. The number of nitrogens with one attached hydrogen (secondary N) is 1. The molecule has 1 aromatic rings. The minimum absolute atomic E-state index is 0.0680. The molecular formula is C22H32N2O. The van der Waals surface area contributed by atoms with Crippen LogP contribution in [0.3, 0.4) is 0 Å². The van der Waals surface area contributed by atoms with Crippen molar-refractivity contribution >= 4 is 17.7 Å². The maximum atomic E-state index is 12.1. The Morgan fingerprint density at radius 3 is 2.80 bits per heavy atom. The number of unbranched alkanes of at least 4 members (excludes halogenated alkanes) is 6. The fraction of sp³-hybridized carbons (Fsp3) is 0.545. The lowest BCUT2D eigenvalue weighted by Gasteiger charge is -2.07. The zero-order valence-corrected chi connectivity index (χ0v) is 15.6.